The van der Waals surface area contributed by atoms with E-state index in [9.17, 15) is 0 Å². The van der Waals surface area contributed by atoms with Gasteiger partial charge in [-0.25, -0.2) is 0 Å². The van der Waals surface area contributed by atoms with Crippen molar-refractivity contribution in [3.8, 4) is 0 Å². The third-order valence-corrected chi connectivity index (χ3v) is 4.42. The topological polar surface area (TPSA) is 15.3 Å². The molecular formula is C9H12N2S2. The van der Waals surface area contributed by atoms with Crippen LogP contribution in [-0.2, 0) is 0 Å². The van der Waals surface area contributed by atoms with E-state index >= 15 is 0 Å². The molecule has 70 valence electrons. The number of nitrogens with zero attached hydrogens (tertiary/aromatic N) is 1. The van der Waals surface area contributed by atoms with Gasteiger partial charge in [0.15, 0.2) is 0 Å². The van der Waals surface area contributed by atoms with Crippen LogP contribution in [0.3, 0.4) is 0 Å². The monoisotopic (exact) mass is 212 g/mol. The molecule has 0 aliphatic carbocycles. The van der Waals surface area contributed by atoms with E-state index in [0.29, 0.717) is 0 Å². The summed E-state index contributed by atoms with van der Waals surface area (Å²) in [7, 11) is 1.94. The van der Waals surface area contributed by atoms with Crippen LogP contribution in [0.1, 0.15) is 0 Å². The molecule has 0 unspecified atom stereocenters. The minimum absolute atomic E-state index is 1.16. The van der Waals surface area contributed by atoms with Crippen LogP contribution in [0.5, 0.6) is 0 Å². The molecule has 1 aromatic rings. The van der Waals surface area contributed by atoms with Crippen molar-refractivity contribution in [1.82, 2.24) is 0 Å². The van der Waals surface area contributed by atoms with Crippen molar-refractivity contribution >= 4 is 35.3 Å². The second-order valence-electron chi connectivity index (χ2n) is 2.72. The first kappa shape index (κ1) is 9.09. The van der Waals surface area contributed by atoms with E-state index in [-0.39, 0.29) is 0 Å². The van der Waals surface area contributed by atoms with Gasteiger partial charge in [0.05, 0.1) is 5.69 Å². The molecular weight excluding hydrogens is 200 g/mol. The summed E-state index contributed by atoms with van der Waals surface area (Å²) in [5.74, 6) is 2.44. The summed E-state index contributed by atoms with van der Waals surface area (Å²) < 4.78 is 2.28. The Morgan fingerprint density at radius 1 is 1.15 bits per heavy atom. The van der Waals surface area contributed by atoms with Crippen molar-refractivity contribution in [1.29, 1.82) is 0 Å². The van der Waals surface area contributed by atoms with Crippen molar-refractivity contribution in [3.63, 3.8) is 0 Å². The summed E-state index contributed by atoms with van der Waals surface area (Å²) in [6.45, 7) is 0. The first-order chi connectivity index (χ1) is 6.40. The zero-order valence-corrected chi connectivity index (χ0v) is 9.12. The van der Waals surface area contributed by atoms with E-state index in [1.807, 2.05) is 30.9 Å². The number of benzene rings is 1. The fourth-order valence-electron chi connectivity index (χ4n) is 1.18. The van der Waals surface area contributed by atoms with E-state index in [4.69, 9.17) is 0 Å². The lowest BCUT2D eigenvalue weighted by Gasteiger charge is -2.14. The Kier molecular flexibility index (Phi) is 2.90. The molecule has 4 heteroatoms. The highest BCUT2D eigenvalue weighted by molar-refractivity contribution is 8.21. The molecule has 0 atom stereocenters. The Morgan fingerprint density at radius 2 is 1.77 bits per heavy atom. The Balaban J connectivity index is 2.12. The maximum absolute atomic E-state index is 3.11. The number of nitrogens with one attached hydrogen (secondary N) is 1. The lowest BCUT2D eigenvalue weighted by molar-refractivity contribution is 1.50. The zero-order valence-electron chi connectivity index (χ0n) is 7.49. The molecule has 1 saturated heterocycles. The molecule has 0 amide bonds. The Hall–Kier alpha value is -0.480. The van der Waals surface area contributed by atoms with Crippen LogP contribution in [0.4, 0.5) is 11.4 Å². The van der Waals surface area contributed by atoms with Gasteiger partial charge in [-0.2, -0.15) is 0 Å². The van der Waals surface area contributed by atoms with Gasteiger partial charge in [0, 0.05) is 24.2 Å². The predicted molar refractivity (Wildman–Crippen MR) is 63.4 cm³/mol. The highest BCUT2D eigenvalue weighted by Crippen LogP contribution is 2.36. The van der Waals surface area contributed by atoms with Crippen LogP contribution in [-0.4, -0.2) is 18.6 Å². The smallest absolute Gasteiger partial charge is 0.0595 e. The van der Waals surface area contributed by atoms with Crippen molar-refractivity contribution in [3.05, 3.63) is 24.3 Å². The molecule has 0 bridgehead atoms. The second kappa shape index (κ2) is 4.15. The van der Waals surface area contributed by atoms with Gasteiger partial charge >= 0.3 is 0 Å². The first-order valence-corrected chi connectivity index (χ1v) is 6.12. The number of rotatable bonds is 2. The molecule has 0 aromatic heterocycles. The van der Waals surface area contributed by atoms with Crippen LogP contribution in [0.2, 0.25) is 0 Å². The minimum atomic E-state index is 1.16. The van der Waals surface area contributed by atoms with Gasteiger partial charge < -0.3 is 5.32 Å². The van der Waals surface area contributed by atoms with E-state index in [0.717, 1.165) is 5.69 Å². The first-order valence-electron chi connectivity index (χ1n) is 4.24. The minimum Gasteiger partial charge on any atom is -0.388 e. The standard InChI is InChI=1S/C9H12N2S2/c1-10-8-2-4-9(5-3-8)11-12-6-7-13-11/h2-5,10H,6-7H2,1H3. The Morgan fingerprint density at radius 3 is 2.31 bits per heavy atom. The average molecular weight is 212 g/mol. The van der Waals surface area contributed by atoms with Crippen LogP contribution >= 0.6 is 23.9 Å². The Bertz CT molecular complexity index is 267. The normalized spacial score (nSPS) is 16.2. The van der Waals surface area contributed by atoms with Gasteiger partial charge in [-0.15, -0.1) is 0 Å². The van der Waals surface area contributed by atoms with Crippen molar-refractivity contribution in [2.45, 2.75) is 0 Å². The molecule has 0 saturated carbocycles. The summed E-state index contributed by atoms with van der Waals surface area (Å²) in [4.78, 5) is 0. The summed E-state index contributed by atoms with van der Waals surface area (Å²) in [5.41, 5.74) is 2.45. The highest BCUT2D eigenvalue weighted by Gasteiger charge is 2.13. The van der Waals surface area contributed by atoms with E-state index in [1.54, 1.807) is 0 Å². The average Bonchev–Trinajstić information content (AvgIpc) is 2.71. The quantitative estimate of drug-likeness (QED) is 0.758. The molecule has 1 aliphatic heterocycles. The SMILES string of the molecule is CNc1ccc(N2SCCS2)cc1. The third kappa shape index (κ3) is 2.06. The maximum atomic E-state index is 3.11. The molecule has 1 aliphatic rings. The van der Waals surface area contributed by atoms with Gasteiger partial charge in [-0.05, 0) is 48.2 Å². The van der Waals surface area contributed by atoms with E-state index in [1.165, 1.54) is 17.2 Å². The molecule has 0 spiro atoms. The van der Waals surface area contributed by atoms with Gasteiger partial charge in [0.25, 0.3) is 0 Å². The summed E-state index contributed by atoms with van der Waals surface area (Å²) >= 11 is 3.77. The summed E-state index contributed by atoms with van der Waals surface area (Å²) in [6, 6.07) is 8.51. The lowest BCUT2D eigenvalue weighted by atomic mass is 10.3. The third-order valence-electron chi connectivity index (χ3n) is 1.87. The molecule has 1 N–H and O–H groups in total. The molecule has 13 heavy (non-hydrogen) atoms. The predicted octanol–water partition coefficient (Wildman–Crippen LogP) is 2.84. The molecule has 1 fully saturated rings. The molecule has 2 nitrogen and oxygen atoms in total. The summed E-state index contributed by atoms with van der Waals surface area (Å²) in [5, 5.41) is 3.11. The fraction of sp³-hybridized carbons (Fsp3) is 0.333. The van der Waals surface area contributed by atoms with Crippen molar-refractivity contribution in [2.24, 2.45) is 0 Å². The molecule has 0 radical (unpaired) electrons. The van der Waals surface area contributed by atoms with Gasteiger partial charge in [0.1, 0.15) is 0 Å². The van der Waals surface area contributed by atoms with Crippen molar-refractivity contribution < 1.29 is 0 Å². The largest absolute Gasteiger partial charge is 0.388 e. The van der Waals surface area contributed by atoms with Crippen LogP contribution < -0.4 is 9.03 Å². The van der Waals surface area contributed by atoms with Crippen LogP contribution in [0.25, 0.3) is 0 Å². The number of anilines is 2. The number of hydrogen-bond donors (Lipinski definition) is 1. The Labute approximate surface area is 87.3 Å². The molecule has 1 heterocycles. The second-order valence-corrected chi connectivity index (χ2v) is 5.01. The van der Waals surface area contributed by atoms with E-state index in [2.05, 4.69) is 33.3 Å². The lowest BCUT2D eigenvalue weighted by Crippen LogP contribution is -1.97. The maximum Gasteiger partial charge on any atom is 0.0595 e. The van der Waals surface area contributed by atoms with Gasteiger partial charge in [0.2, 0.25) is 0 Å². The van der Waals surface area contributed by atoms with Crippen LogP contribution in [0.15, 0.2) is 24.3 Å². The molecule has 1 aromatic carbocycles. The zero-order chi connectivity index (χ0) is 9.10. The van der Waals surface area contributed by atoms with Crippen molar-refractivity contribution in [2.75, 3.05) is 27.6 Å². The van der Waals surface area contributed by atoms with Crippen LogP contribution in [0, 0.1) is 0 Å². The van der Waals surface area contributed by atoms with Gasteiger partial charge in [-0.1, -0.05) is 0 Å². The highest BCUT2D eigenvalue weighted by atomic mass is 32.2. The fourth-order valence-corrected chi connectivity index (χ4v) is 3.39. The van der Waals surface area contributed by atoms with E-state index < -0.39 is 0 Å². The van der Waals surface area contributed by atoms with Gasteiger partial charge in [-0.3, -0.25) is 3.71 Å². The molecule has 2 rings (SSSR count). The number of hydrogen-bond acceptors (Lipinski definition) is 4. The summed E-state index contributed by atoms with van der Waals surface area (Å²) in [6.07, 6.45) is 0.